The molecule has 1 N–H and O–H groups in total. The second kappa shape index (κ2) is 47.3. The molecular formula is C56H99NO8P+. The first-order chi connectivity index (χ1) is 32.0. The minimum absolute atomic E-state index is 0.0250. The number of rotatable bonds is 47. The van der Waals surface area contributed by atoms with Crippen LogP contribution in [0.4, 0.5) is 0 Å². The smallest absolute Gasteiger partial charge is 0.462 e. The van der Waals surface area contributed by atoms with Gasteiger partial charge in [0, 0.05) is 12.8 Å². The van der Waals surface area contributed by atoms with E-state index in [0.717, 1.165) is 103 Å². The number of carbonyl (C=O) groups is 2. The molecule has 0 aromatic carbocycles. The first kappa shape index (κ1) is 63.2. The number of nitrogens with zero attached hydrogens (tertiary/aromatic N) is 1. The average Bonchev–Trinajstić information content (AvgIpc) is 3.27. The third kappa shape index (κ3) is 50.6. The van der Waals surface area contributed by atoms with Crippen molar-refractivity contribution in [2.24, 2.45) is 0 Å². The minimum Gasteiger partial charge on any atom is -0.462 e. The van der Waals surface area contributed by atoms with Crippen LogP contribution >= 0.6 is 7.82 Å². The fourth-order valence-corrected chi connectivity index (χ4v) is 7.58. The van der Waals surface area contributed by atoms with Crippen molar-refractivity contribution in [1.29, 1.82) is 0 Å². The Bertz CT molecular complexity index is 1390. The summed E-state index contributed by atoms with van der Waals surface area (Å²) in [7, 11) is 1.46. The predicted molar refractivity (Wildman–Crippen MR) is 279 cm³/mol. The Hall–Kier alpha value is -2.81. The highest BCUT2D eigenvalue weighted by Crippen LogP contribution is 2.43. The molecular weight excluding hydrogens is 846 g/mol. The topological polar surface area (TPSA) is 108 Å². The molecule has 0 fully saturated rings. The maximum atomic E-state index is 12.8. The van der Waals surface area contributed by atoms with Gasteiger partial charge in [0.15, 0.2) is 6.10 Å². The van der Waals surface area contributed by atoms with E-state index in [1.54, 1.807) is 0 Å². The van der Waals surface area contributed by atoms with E-state index < -0.39 is 26.5 Å². The molecule has 0 saturated heterocycles. The van der Waals surface area contributed by atoms with Gasteiger partial charge in [0.25, 0.3) is 0 Å². The summed E-state index contributed by atoms with van der Waals surface area (Å²) in [5.41, 5.74) is 0. The lowest BCUT2D eigenvalue weighted by molar-refractivity contribution is -0.870. The third-order valence-corrected chi connectivity index (χ3v) is 11.9. The molecule has 0 bridgehead atoms. The molecule has 0 amide bonds. The molecule has 0 heterocycles. The van der Waals surface area contributed by atoms with Crippen molar-refractivity contribution in [2.75, 3.05) is 47.5 Å². The lowest BCUT2D eigenvalue weighted by atomic mass is 10.0. The Balaban J connectivity index is 4.22. The van der Waals surface area contributed by atoms with Crippen molar-refractivity contribution in [3.05, 3.63) is 85.1 Å². The molecule has 0 aliphatic rings. The Morgan fingerprint density at radius 2 is 0.864 bits per heavy atom. The zero-order valence-electron chi connectivity index (χ0n) is 42.9. The highest BCUT2D eigenvalue weighted by atomic mass is 31.2. The van der Waals surface area contributed by atoms with Gasteiger partial charge in [-0.05, 0) is 89.9 Å². The average molecular weight is 945 g/mol. The summed E-state index contributed by atoms with van der Waals surface area (Å²) in [6, 6.07) is 0. The second-order valence-corrected chi connectivity index (χ2v) is 20.0. The summed E-state index contributed by atoms with van der Waals surface area (Å²) in [5.74, 6) is -0.821. The first-order valence-corrected chi connectivity index (χ1v) is 27.8. The number of esters is 2. The van der Waals surface area contributed by atoms with E-state index in [1.807, 2.05) is 21.1 Å². The van der Waals surface area contributed by atoms with Crippen LogP contribution in [-0.2, 0) is 32.7 Å². The zero-order chi connectivity index (χ0) is 48.5. The normalized spacial score (nSPS) is 14.1. The molecule has 0 aliphatic heterocycles. The van der Waals surface area contributed by atoms with Crippen LogP contribution < -0.4 is 0 Å². The van der Waals surface area contributed by atoms with Gasteiger partial charge in [0.1, 0.15) is 19.8 Å². The molecule has 2 atom stereocenters. The Morgan fingerprint density at radius 3 is 1.29 bits per heavy atom. The van der Waals surface area contributed by atoms with Crippen LogP contribution in [0.25, 0.3) is 0 Å². The van der Waals surface area contributed by atoms with Gasteiger partial charge in [0.2, 0.25) is 0 Å². The van der Waals surface area contributed by atoms with Crippen LogP contribution in [0.3, 0.4) is 0 Å². The minimum atomic E-state index is -4.39. The number of phosphoric ester groups is 1. The van der Waals surface area contributed by atoms with Crippen LogP contribution in [0.2, 0.25) is 0 Å². The largest absolute Gasteiger partial charge is 0.472 e. The zero-order valence-corrected chi connectivity index (χ0v) is 43.8. The number of likely N-dealkylation sites (N-methyl/N-ethyl adjacent to an activating group) is 1. The van der Waals surface area contributed by atoms with Gasteiger partial charge in [0.05, 0.1) is 27.7 Å². The van der Waals surface area contributed by atoms with Gasteiger partial charge in [-0.25, -0.2) is 4.57 Å². The summed E-state index contributed by atoms with van der Waals surface area (Å²) in [6.07, 6.45) is 62.1. The van der Waals surface area contributed by atoms with Gasteiger partial charge in [-0.2, -0.15) is 0 Å². The van der Waals surface area contributed by atoms with Crippen LogP contribution in [0, 0.1) is 0 Å². The monoisotopic (exact) mass is 945 g/mol. The molecule has 0 spiro atoms. The van der Waals surface area contributed by atoms with E-state index in [9.17, 15) is 19.0 Å². The van der Waals surface area contributed by atoms with E-state index >= 15 is 0 Å². The van der Waals surface area contributed by atoms with E-state index in [4.69, 9.17) is 18.5 Å². The number of ether oxygens (including phenoxy) is 2. The molecule has 380 valence electrons. The molecule has 0 radical (unpaired) electrons. The van der Waals surface area contributed by atoms with Crippen molar-refractivity contribution in [3.63, 3.8) is 0 Å². The number of allylic oxidation sites excluding steroid dienone is 14. The number of carbonyl (C=O) groups excluding carboxylic acids is 2. The summed E-state index contributed by atoms with van der Waals surface area (Å²) in [5, 5.41) is 0. The first-order valence-electron chi connectivity index (χ1n) is 26.3. The number of quaternary nitrogens is 1. The number of phosphoric acid groups is 1. The summed E-state index contributed by atoms with van der Waals surface area (Å²) >= 11 is 0. The Morgan fingerprint density at radius 1 is 0.485 bits per heavy atom. The molecule has 0 saturated carbocycles. The fourth-order valence-electron chi connectivity index (χ4n) is 6.84. The van der Waals surface area contributed by atoms with Gasteiger partial charge < -0.3 is 18.9 Å². The lowest BCUT2D eigenvalue weighted by Gasteiger charge is -2.24. The van der Waals surface area contributed by atoms with Gasteiger partial charge in [-0.15, -0.1) is 0 Å². The van der Waals surface area contributed by atoms with Crippen LogP contribution in [0.15, 0.2) is 85.1 Å². The molecule has 0 rings (SSSR count). The summed E-state index contributed by atoms with van der Waals surface area (Å²) in [6.45, 7) is 4.26. The fraction of sp³-hybridized carbons (Fsp3) is 0.714. The molecule has 66 heavy (non-hydrogen) atoms. The van der Waals surface area contributed by atoms with E-state index in [1.165, 1.54) is 70.6 Å². The quantitative estimate of drug-likeness (QED) is 0.0211. The summed E-state index contributed by atoms with van der Waals surface area (Å²) < 4.78 is 34.4. The van der Waals surface area contributed by atoms with Crippen LogP contribution in [0.1, 0.15) is 206 Å². The lowest BCUT2D eigenvalue weighted by Crippen LogP contribution is -2.37. The third-order valence-electron chi connectivity index (χ3n) is 10.9. The molecule has 0 aromatic heterocycles. The van der Waals surface area contributed by atoms with E-state index in [0.29, 0.717) is 17.4 Å². The molecule has 0 aromatic rings. The van der Waals surface area contributed by atoms with Crippen molar-refractivity contribution < 1.29 is 42.1 Å². The van der Waals surface area contributed by atoms with Gasteiger partial charge in [-0.3, -0.25) is 18.6 Å². The number of hydrogen-bond donors (Lipinski definition) is 1. The maximum Gasteiger partial charge on any atom is 0.472 e. The van der Waals surface area contributed by atoms with Crippen molar-refractivity contribution in [2.45, 2.75) is 213 Å². The van der Waals surface area contributed by atoms with Crippen LogP contribution in [0.5, 0.6) is 0 Å². The Kier molecular flexibility index (Phi) is 45.3. The number of unbranched alkanes of at least 4 members (excludes halogenated alkanes) is 19. The molecule has 9 nitrogen and oxygen atoms in total. The summed E-state index contributed by atoms with van der Waals surface area (Å²) in [4.78, 5) is 35.6. The molecule has 0 aliphatic carbocycles. The van der Waals surface area contributed by atoms with Gasteiger partial charge in [-0.1, -0.05) is 189 Å². The molecule has 2 unspecified atom stereocenters. The van der Waals surface area contributed by atoms with Crippen molar-refractivity contribution in [1.82, 2.24) is 0 Å². The number of hydrogen-bond acceptors (Lipinski definition) is 7. The molecule has 10 heteroatoms. The van der Waals surface area contributed by atoms with E-state index in [2.05, 4.69) is 98.9 Å². The van der Waals surface area contributed by atoms with Crippen molar-refractivity contribution in [3.8, 4) is 0 Å². The highest BCUT2D eigenvalue weighted by Gasteiger charge is 2.27. The van der Waals surface area contributed by atoms with Crippen LogP contribution in [-0.4, -0.2) is 74.9 Å². The van der Waals surface area contributed by atoms with Gasteiger partial charge >= 0.3 is 19.8 Å². The highest BCUT2D eigenvalue weighted by molar-refractivity contribution is 7.47. The predicted octanol–water partition coefficient (Wildman–Crippen LogP) is 15.9. The van der Waals surface area contributed by atoms with E-state index in [-0.39, 0.29) is 32.0 Å². The standard InChI is InChI=1S/C56H98NO8P/c1-6-8-10-12-14-16-18-20-22-23-24-25-26-27-28-29-30-31-32-33-35-37-39-41-43-45-47-49-56(59)65-54(53-64-66(60,61)63-51-50-57(3,4)5)52-62-55(58)48-46-44-42-40-38-36-34-21-19-17-15-13-11-9-7-2/h8,10,14-17,20-22,24-25,27-28,34,54H,6-7,9,11-13,18-19,23,26,29-33,35-53H2,1-5H3/p+1/b10-8-,16-14-,17-15-,22-20-,25-24-,28-27-,34-21-. The van der Waals surface area contributed by atoms with Crippen molar-refractivity contribution >= 4 is 19.8 Å². The maximum absolute atomic E-state index is 12.8. The second-order valence-electron chi connectivity index (χ2n) is 18.5. The Labute approximate surface area is 405 Å². The SMILES string of the molecule is CC/C=C\C/C=C\C/C=C\C/C=C\C/C=C\CCCCCCCCCCCCCC(=O)OC(COC(=O)CCCCCCC/C=C\C/C=C\CCCCC)COP(=O)(O)OCC[N+](C)(C)C.